The topological polar surface area (TPSA) is 49.4 Å². The van der Waals surface area contributed by atoms with Gasteiger partial charge in [-0.3, -0.25) is 0 Å². The number of benzene rings is 1. The number of hydrogen-bond acceptors (Lipinski definition) is 3. The molecule has 0 heterocycles. The van der Waals surface area contributed by atoms with Crippen LogP contribution in [0.2, 0.25) is 0 Å². The maximum Gasteiger partial charge on any atom is 0.243 e. The Kier molecular flexibility index (Phi) is 7.08. The van der Waals surface area contributed by atoms with Gasteiger partial charge < -0.3 is 5.32 Å². The highest BCUT2D eigenvalue weighted by atomic mass is 32.2. The summed E-state index contributed by atoms with van der Waals surface area (Å²) >= 11 is 0. The van der Waals surface area contributed by atoms with Crippen LogP contribution in [-0.2, 0) is 23.0 Å². The van der Waals surface area contributed by atoms with Crippen LogP contribution in [0.5, 0.6) is 0 Å². The van der Waals surface area contributed by atoms with Crippen LogP contribution < -0.4 is 5.32 Å². The molecule has 0 unspecified atom stereocenters. The van der Waals surface area contributed by atoms with E-state index in [0.29, 0.717) is 31.0 Å². The third-order valence-corrected chi connectivity index (χ3v) is 5.26. The fraction of sp³-hybridized carbons (Fsp3) is 0.500. The van der Waals surface area contributed by atoms with E-state index in [4.69, 9.17) is 0 Å². The minimum atomic E-state index is -3.47. The molecule has 0 saturated heterocycles. The third-order valence-electron chi connectivity index (χ3n) is 3.32. The molecule has 1 N–H and O–H groups in total. The molecule has 0 saturated carbocycles. The average Bonchev–Trinajstić information content (AvgIpc) is 2.47. The molecular weight excluding hydrogens is 284 g/mol. The van der Waals surface area contributed by atoms with E-state index in [2.05, 4.69) is 11.9 Å². The zero-order valence-corrected chi connectivity index (χ0v) is 14.0. The standard InChI is InChI=1S/C16H26N2O2S/c1-5-10-18(11-6-2)21(19,20)16-12-14(13-17-4)8-9-15(16)7-3/h5,8-9,12,17H,1,6-7,10-11,13H2,2-4H3. The molecule has 0 radical (unpaired) electrons. The lowest BCUT2D eigenvalue weighted by molar-refractivity contribution is 0.441. The van der Waals surface area contributed by atoms with E-state index >= 15 is 0 Å². The first-order valence-electron chi connectivity index (χ1n) is 7.38. The first kappa shape index (κ1) is 17.9. The van der Waals surface area contributed by atoms with Crippen LogP contribution in [0.3, 0.4) is 0 Å². The van der Waals surface area contributed by atoms with Crippen LogP contribution in [0.1, 0.15) is 31.4 Å². The Morgan fingerprint density at radius 3 is 2.57 bits per heavy atom. The summed E-state index contributed by atoms with van der Waals surface area (Å²) in [5.41, 5.74) is 1.84. The SMILES string of the molecule is C=CCN(CCC)S(=O)(=O)c1cc(CNC)ccc1CC. The number of nitrogens with zero attached hydrogens (tertiary/aromatic N) is 1. The van der Waals surface area contributed by atoms with E-state index in [9.17, 15) is 8.42 Å². The van der Waals surface area contributed by atoms with Crippen LogP contribution >= 0.6 is 0 Å². The van der Waals surface area contributed by atoms with Crippen molar-refractivity contribution in [2.75, 3.05) is 20.1 Å². The second kappa shape index (κ2) is 8.32. The fourth-order valence-corrected chi connectivity index (χ4v) is 4.13. The van der Waals surface area contributed by atoms with Crippen molar-refractivity contribution in [1.29, 1.82) is 0 Å². The molecule has 0 bridgehead atoms. The van der Waals surface area contributed by atoms with Gasteiger partial charge in [-0.1, -0.05) is 32.1 Å². The number of rotatable bonds is 9. The van der Waals surface area contributed by atoms with Crippen LogP contribution in [0.25, 0.3) is 0 Å². The Morgan fingerprint density at radius 1 is 1.33 bits per heavy atom. The van der Waals surface area contributed by atoms with Gasteiger partial charge in [0.05, 0.1) is 4.90 Å². The number of sulfonamides is 1. The second-order valence-electron chi connectivity index (χ2n) is 4.98. The molecule has 0 aromatic heterocycles. The van der Waals surface area contributed by atoms with Crippen molar-refractivity contribution in [1.82, 2.24) is 9.62 Å². The molecule has 0 atom stereocenters. The molecule has 0 aliphatic carbocycles. The van der Waals surface area contributed by atoms with Crippen molar-refractivity contribution in [3.05, 3.63) is 42.0 Å². The summed E-state index contributed by atoms with van der Waals surface area (Å²) in [5, 5.41) is 3.06. The minimum Gasteiger partial charge on any atom is -0.316 e. The van der Waals surface area contributed by atoms with Gasteiger partial charge in [0, 0.05) is 19.6 Å². The highest BCUT2D eigenvalue weighted by molar-refractivity contribution is 7.89. The van der Waals surface area contributed by atoms with Gasteiger partial charge in [0.25, 0.3) is 0 Å². The van der Waals surface area contributed by atoms with Gasteiger partial charge >= 0.3 is 0 Å². The molecule has 5 heteroatoms. The summed E-state index contributed by atoms with van der Waals surface area (Å²) in [5.74, 6) is 0. The van der Waals surface area contributed by atoms with Gasteiger partial charge in [-0.25, -0.2) is 8.42 Å². The Balaban J connectivity index is 3.32. The molecule has 0 fully saturated rings. The van der Waals surface area contributed by atoms with Crippen LogP contribution in [0.4, 0.5) is 0 Å². The van der Waals surface area contributed by atoms with Crippen molar-refractivity contribution >= 4 is 10.0 Å². The molecule has 0 spiro atoms. The summed E-state index contributed by atoms with van der Waals surface area (Å²) < 4.78 is 27.3. The second-order valence-corrected chi connectivity index (χ2v) is 6.88. The van der Waals surface area contributed by atoms with E-state index in [1.807, 2.05) is 33.0 Å². The summed E-state index contributed by atoms with van der Waals surface area (Å²) in [6, 6.07) is 5.68. The van der Waals surface area contributed by atoms with Gasteiger partial charge in [0.2, 0.25) is 10.0 Å². The molecular formula is C16H26N2O2S. The highest BCUT2D eigenvalue weighted by Gasteiger charge is 2.25. The molecule has 21 heavy (non-hydrogen) atoms. The number of nitrogens with one attached hydrogen (secondary N) is 1. The van der Waals surface area contributed by atoms with Gasteiger partial charge in [0.1, 0.15) is 0 Å². The van der Waals surface area contributed by atoms with E-state index in [0.717, 1.165) is 17.5 Å². The van der Waals surface area contributed by atoms with Crippen molar-refractivity contribution in [2.45, 2.75) is 38.1 Å². The van der Waals surface area contributed by atoms with Gasteiger partial charge in [0.15, 0.2) is 0 Å². The Morgan fingerprint density at radius 2 is 2.05 bits per heavy atom. The van der Waals surface area contributed by atoms with Crippen molar-refractivity contribution in [3.63, 3.8) is 0 Å². The Labute approximate surface area is 128 Å². The van der Waals surface area contributed by atoms with Crippen LogP contribution in [-0.4, -0.2) is 32.9 Å². The smallest absolute Gasteiger partial charge is 0.243 e. The van der Waals surface area contributed by atoms with Gasteiger partial charge in [-0.05, 0) is 37.1 Å². The van der Waals surface area contributed by atoms with Crippen molar-refractivity contribution in [3.8, 4) is 0 Å². The molecule has 4 nitrogen and oxygen atoms in total. The first-order valence-corrected chi connectivity index (χ1v) is 8.82. The fourth-order valence-electron chi connectivity index (χ4n) is 2.29. The van der Waals surface area contributed by atoms with Crippen molar-refractivity contribution in [2.24, 2.45) is 0 Å². The summed E-state index contributed by atoms with van der Waals surface area (Å²) in [6.45, 7) is 9.12. The van der Waals surface area contributed by atoms with Crippen molar-refractivity contribution < 1.29 is 8.42 Å². The maximum atomic E-state index is 12.9. The maximum absolute atomic E-state index is 12.9. The quantitative estimate of drug-likeness (QED) is 0.713. The zero-order chi connectivity index (χ0) is 15.9. The molecule has 0 aliphatic rings. The summed E-state index contributed by atoms with van der Waals surface area (Å²) in [7, 11) is -1.62. The predicted molar refractivity (Wildman–Crippen MR) is 87.8 cm³/mol. The molecule has 118 valence electrons. The number of aryl methyl sites for hydroxylation is 1. The number of hydrogen-bond donors (Lipinski definition) is 1. The highest BCUT2D eigenvalue weighted by Crippen LogP contribution is 2.23. The lowest BCUT2D eigenvalue weighted by atomic mass is 10.1. The minimum absolute atomic E-state index is 0.343. The molecule has 1 aromatic rings. The van der Waals surface area contributed by atoms with E-state index in [1.54, 1.807) is 12.1 Å². The molecule has 0 amide bonds. The first-order chi connectivity index (χ1) is 10.0. The Bertz CT molecular complexity index is 568. The lowest BCUT2D eigenvalue weighted by Gasteiger charge is -2.22. The third kappa shape index (κ3) is 4.40. The zero-order valence-electron chi connectivity index (χ0n) is 13.2. The average molecular weight is 310 g/mol. The van der Waals surface area contributed by atoms with E-state index in [1.165, 1.54) is 4.31 Å². The molecule has 1 rings (SSSR count). The largest absolute Gasteiger partial charge is 0.316 e. The summed E-state index contributed by atoms with van der Waals surface area (Å²) in [6.07, 6.45) is 3.11. The van der Waals surface area contributed by atoms with Gasteiger partial charge in [-0.15, -0.1) is 6.58 Å². The predicted octanol–water partition coefficient (Wildman–Crippen LogP) is 2.56. The Hall–Kier alpha value is -1.17. The normalized spacial score (nSPS) is 11.8. The summed E-state index contributed by atoms with van der Waals surface area (Å²) in [4.78, 5) is 0.424. The van der Waals surface area contributed by atoms with Gasteiger partial charge in [-0.2, -0.15) is 4.31 Å². The van der Waals surface area contributed by atoms with E-state index in [-0.39, 0.29) is 0 Å². The monoisotopic (exact) mass is 310 g/mol. The van der Waals surface area contributed by atoms with E-state index < -0.39 is 10.0 Å². The molecule has 1 aromatic carbocycles. The van der Waals surface area contributed by atoms with Crippen LogP contribution in [0, 0.1) is 0 Å². The lowest BCUT2D eigenvalue weighted by Crippen LogP contribution is -2.32. The molecule has 0 aliphatic heterocycles. The van der Waals surface area contributed by atoms with Crippen LogP contribution in [0.15, 0.2) is 35.7 Å².